The van der Waals surface area contributed by atoms with Crippen molar-refractivity contribution in [3.63, 3.8) is 0 Å². The Balaban J connectivity index is 0.000000206. The number of ether oxygens (including phenoxy) is 14. The van der Waals surface area contributed by atoms with Crippen LogP contribution in [-0.2, 0) is 91.3 Å². The largest absolute Gasteiger partial charge is 0.496 e. The highest BCUT2D eigenvalue weighted by Crippen LogP contribution is 2.43. The van der Waals surface area contributed by atoms with E-state index in [1.807, 2.05) is 0 Å². The molecule has 0 N–H and O–H groups in total. The summed E-state index contributed by atoms with van der Waals surface area (Å²) in [4.78, 5) is 49.6. The first kappa shape index (κ1) is 74.5. The number of carbonyl (C=O) groups is 4. The number of benzene rings is 8. The molecule has 0 amide bonds. The molecule has 0 atom stereocenters. The highest BCUT2D eigenvalue weighted by atomic mass is 32.1. The second kappa shape index (κ2) is 37.5. The van der Waals surface area contributed by atoms with Crippen molar-refractivity contribution in [2.24, 2.45) is 0 Å². The van der Waals surface area contributed by atoms with Crippen molar-refractivity contribution in [2.45, 2.75) is 62.9 Å². The zero-order chi connectivity index (χ0) is 71.2. The van der Waals surface area contributed by atoms with Crippen molar-refractivity contribution in [1.82, 2.24) is 0 Å². The van der Waals surface area contributed by atoms with E-state index in [1.54, 1.807) is 77.0 Å². The molecule has 8 aromatic rings. The number of rotatable bonds is 10. The Morgan fingerprint density at radius 1 is 0.275 bits per heavy atom. The van der Waals surface area contributed by atoms with Crippen LogP contribution in [0.4, 0.5) is 0 Å². The van der Waals surface area contributed by atoms with Gasteiger partial charge in [0.25, 0.3) is 0 Å². The molecule has 20 bridgehead atoms. The highest BCUT2D eigenvalue weighted by molar-refractivity contribution is 7.79. The molecule has 0 aromatic heterocycles. The predicted molar refractivity (Wildman–Crippen MR) is 394 cm³/mol. The SMILES string of the molecule is COc1c2cc(C=O)cc1Cc1cc(C=O)cc3c1OCCOCCOCCOCCOc1c(cc(C=O)cc1Cc1cc(C=O)cc(c1OC)C3)C2.COc1c2cc(CS)cc1Cc1cccc3c1OCCOCCOCCOCCOc1c(cccc1Cc1cc(CS)cc(c1OC)C3)C2. The lowest BCUT2D eigenvalue weighted by Gasteiger charge is -2.23. The minimum atomic E-state index is 0.202. The van der Waals surface area contributed by atoms with Gasteiger partial charge in [-0.1, -0.05) is 60.7 Å². The van der Waals surface area contributed by atoms with Crippen LogP contribution in [0.2, 0.25) is 0 Å². The summed E-state index contributed by atoms with van der Waals surface area (Å²) in [6, 6.07) is 35.8. The number of methoxy groups -OCH3 is 4. The summed E-state index contributed by atoms with van der Waals surface area (Å²) in [6.07, 6.45) is 6.59. The van der Waals surface area contributed by atoms with E-state index in [0.29, 0.717) is 206 Å². The van der Waals surface area contributed by atoms with E-state index in [2.05, 4.69) is 60.7 Å². The molecule has 0 saturated carbocycles. The fourth-order valence-corrected chi connectivity index (χ4v) is 14.3. The summed E-state index contributed by atoms with van der Waals surface area (Å²) < 4.78 is 85.4. The molecule has 0 unspecified atom stereocenters. The molecule has 536 valence electrons. The maximum Gasteiger partial charge on any atom is 0.150 e. The van der Waals surface area contributed by atoms with E-state index < -0.39 is 0 Å². The monoisotopic (exact) mass is 1420 g/mol. The lowest BCUT2D eigenvalue weighted by atomic mass is 9.88. The summed E-state index contributed by atoms with van der Waals surface area (Å²) in [5.74, 6) is 6.84. The summed E-state index contributed by atoms with van der Waals surface area (Å²) in [7, 11) is 6.65. The van der Waals surface area contributed by atoms with Crippen molar-refractivity contribution in [2.75, 3.05) is 134 Å². The Morgan fingerprint density at radius 3 is 0.667 bits per heavy atom. The van der Waals surface area contributed by atoms with E-state index in [1.165, 1.54) is 0 Å². The summed E-state index contributed by atoms with van der Waals surface area (Å²) in [5, 5.41) is 0. The zero-order valence-corrected chi connectivity index (χ0v) is 60.1. The Morgan fingerprint density at radius 2 is 0.461 bits per heavy atom. The van der Waals surface area contributed by atoms with Crippen LogP contribution >= 0.6 is 25.3 Å². The van der Waals surface area contributed by atoms with Gasteiger partial charge in [0.1, 0.15) is 97.6 Å². The normalized spacial score (nSPS) is 15.5. The smallest absolute Gasteiger partial charge is 0.150 e. The summed E-state index contributed by atoms with van der Waals surface area (Å²) in [6.45, 7) is 6.06. The summed E-state index contributed by atoms with van der Waals surface area (Å²) >= 11 is 9.40. The van der Waals surface area contributed by atoms with Crippen LogP contribution in [-0.4, -0.2) is 159 Å². The van der Waals surface area contributed by atoms with Crippen LogP contribution in [0.3, 0.4) is 0 Å². The Kier molecular flexibility index (Phi) is 27.4. The van der Waals surface area contributed by atoms with Crippen LogP contribution in [0.5, 0.6) is 46.0 Å². The third-order valence-electron chi connectivity index (χ3n) is 18.2. The fraction of sp³-hybridized carbons (Fsp3) is 0.366. The van der Waals surface area contributed by atoms with Gasteiger partial charge in [-0.3, -0.25) is 19.2 Å². The van der Waals surface area contributed by atoms with Crippen LogP contribution in [0.1, 0.15) is 142 Å². The molecule has 2 heterocycles. The van der Waals surface area contributed by atoms with Gasteiger partial charge in [-0.15, -0.1) is 0 Å². The maximum absolute atomic E-state index is 12.4. The summed E-state index contributed by atoms with van der Waals surface area (Å²) in [5.41, 5.74) is 18.1. The number of hydrogen-bond donors (Lipinski definition) is 2. The number of aldehydes is 4. The first-order valence-corrected chi connectivity index (χ1v) is 35.7. The Bertz CT molecular complexity index is 3790. The van der Waals surface area contributed by atoms with E-state index in [-0.39, 0.29) is 52.1 Å². The Hall–Kier alpha value is -8.70. The van der Waals surface area contributed by atoms with Crippen LogP contribution < -0.4 is 37.9 Å². The quantitative estimate of drug-likeness (QED) is 0.0967. The van der Waals surface area contributed by atoms with Gasteiger partial charge in [0.15, 0.2) is 0 Å². The average molecular weight is 1430 g/mol. The molecule has 18 nitrogen and oxygen atoms in total. The molecule has 0 saturated heterocycles. The molecule has 0 spiro atoms. The van der Waals surface area contributed by atoms with Crippen LogP contribution in [0.15, 0.2) is 109 Å². The molecule has 2 aliphatic heterocycles. The van der Waals surface area contributed by atoms with Gasteiger partial charge in [0, 0.05) is 85.1 Å². The third-order valence-corrected chi connectivity index (χ3v) is 18.9. The molecule has 8 aromatic carbocycles. The van der Waals surface area contributed by atoms with Gasteiger partial charge in [-0.2, -0.15) is 25.3 Å². The van der Waals surface area contributed by atoms with Crippen LogP contribution in [0.25, 0.3) is 0 Å². The van der Waals surface area contributed by atoms with Crippen molar-refractivity contribution in [1.29, 1.82) is 0 Å². The van der Waals surface area contributed by atoms with Gasteiger partial charge < -0.3 is 66.3 Å². The third kappa shape index (κ3) is 18.7. The molecule has 0 radical (unpaired) electrons. The predicted octanol–water partition coefficient (Wildman–Crippen LogP) is 12.5. The van der Waals surface area contributed by atoms with Gasteiger partial charge in [0.2, 0.25) is 0 Å². The van der Waals surface area contributed by atoms with Crippen molar-refractivity contribution in [3.05, 3.63) is 232 Å². The zero-order valence-electron chi connectivity index (χ0n) is 58.3. The van der Waals surface area contributed by atoms with E-state index in [4.69, 9.17) is 91.6 Å². The minimum absolute atomic E-state index is 0.202. The molecular weight excluding hydrogens is 1340 g/mol. The lowest BCUT2D eigenvalue weighted by molar-refractivity contribution is 0.00484. The highest BCUT2D eigenvalue weighted by Gasteiger charge is 2.27. The van der Waals surface area contributed by atoms with Crippen molar-refractivity contribution >= 4 is 50.4 Å². The maximum atomic E-state index is 12.4. The first-order valence-electron chi connectivity index (χ1n) is 34.4. The standard InChI is InChI=1S/C42H42O11.C40H46O7S2/c1-47-39-31-11-27(23-43)12-32(39)20-36-16-30(26-46)18-38-22-34-14-28(24-44)13-33(40(34)48-2)21-37-17-29(25-45)15-35(19-31)41(37)52-9-7-50-5-3-49-4-6-51-8-10-53-42(36)38;1-41-37-33-17-27(25-48)18-34(37)22-30-6-4-8-32-24-36-20-28(26-49)19-35(38(36)42-2)23-31-7-3-5-29(21-33)39(31)46-15-13-44-11-9-43-10-12-45-14-16-47-40(30)32/h11-18,23-26H,3-10,19-22H2,1-2H3;3-8,17-20,48-49H,9-16,21-26H2,1-2H3. The molecule has 0 fully saturated rings. The second-order valence-electron chi connectivity index (χ2n) is 25.1. The Labute approximate surface area is 607 Å². The molecule has 102 heavy (non-hydrogen) atoms. The van der Waals surface area contributed by atoms with Gasteiger partial charge >= 0.3 is 0 Å². The van der Waals surface area contributed by atoms with Crippen molar-refractivity contribution < 1.29 is 85.5 Å². The average Bonchev–Trinajstić information content (AvgIpc) is 0.717. The topological polar surface area (TPSA) is 197 Å². The minimum Gasteiger partial charge on any atom is -0.496 e. The van der Waals surface area contributed by atoms with E-state index in [9.17, 15) is 19.2 Å². The second-order valence-corrected chi connectivity index (χ2v) is 25.7. The van der Waals surface area contributed by atoms with Gasteiger partial charge in [-0.05, 0) is 149 Å². The number of hydrogen-bond acceptors (Lipinski definition) is 20. The molecule has 2 aliphatic carbocycles. The number of thiol groups is 2. The molecule has 12 rings (SSSR count). The van der Waals surface area contributed by atoms with Crippen LogP contribution in [0, 0.1) is 0 Å². The molecule has 20 heteroatoms. The van der Waals surface area contributed by atoms with E-state index >= 15 is 0 Å². The number of para-hydroxylation sites is 2. The first-order chi connectivity index (χ1) is 50.1. The van der Waals surface area contributed by atoms with Crippen molar-refractivity contribution in [3.8, 4) is 46.0 Å². The van der Waals surface area contributed by atoms with E-state index in [0.717, 1.165) is 104 Å². The fourth-order valence-electron chi connectivity index (χ4n) is 14.0. The number of carbonyl (C=O) groups excluding carboxylic acids is 4. The lowest BCUT2D eigenvalue weighted by Crippen LogP contribution is -2.16. The number of fused-ring (bicyclic) bond motifs is 4. The molecular formula is C82H88O18S2. The van der Waals surface area contributed by atoms with Gasteiger partial charge in [-0.25, -0.2) is 0 Å². The molecule has 4 aliphatic rings. The van der Waals surface area contributed by atoms with Gasteiger partial charge in [0.05, 0.1) is 108 Å².